The second-order valence-corrected chi connectivity index (χ2v) is 7.08. The molecule has 0 aliphatic carbocycles. The largest absolute Gasteiger partial charge is 0.497 e. The summed E-state index contributed by atoms with van der Waals surface area (Å²) < 4.78 is 19.9. The molecule has 4 nitrogen and oxygen atoms in total. The standard InChI is InChI=1S/C21H16BrFN2O2/c1-27-17-8-5-13(6-9-17)20-24-19-10-7-14(22)11-18(19)21(26)25(20)16-4-2-3-15(23)12-16/h2-12,20,24H,1H3/t20-/m0/s1. The second kappa shape index (κ2) is 7.04. The van der Waals surface area contributed by atoms with Crippen molar-refractivity contribution < 1.29 is 13.9 Å². The number of hydrogen-bond donors (Lipinski definition) is 1. The van der Waals surface area contributed by atoms with Gasteiger partial charge in [-0.1, -0.05) is 34.1 Å². The van der Waals surface area contributed by atoms with Crippen LogP contribution in [0.25, 0.3) is 0 Å². The highest BCUT2D eigenvalue weighted by Gasteiger charge is 2.34. The van der Waals surface area contributed by atoms with Crippen molar-refractivity contribution in [1.82, 2.24) is 0 Å². The Bertz CT molecular complexity index is 1010. The molecule has 0 saturated heterocycles. The molecule has 1 N–H and O–H groups in total. The quantitative estimate of drug-likeness (QED) is 0.611. The molecule has 27 heavy (non-hydrogen) atoms. The number of hydrogen-bond acceptors (Lipinski definition) is 3. The molecule has 0 bridgehead atoms. The van der Waals surface area contributed by atoms with E-state index in [9.17, 15) is 9.18 Å². The Morgan fingerprint density at radius 3 is 2.56 bits per heavy atom. The summed E-state index contributed by atoms with van der Waals surface area (Å²) in [4.78, 5) is 14.9. The van der Waals surface area contributed by atoms with Crippen LogP contribution in [0.15, 0.2) is 71.2 Å². The average molecular weight is 427 g/mol. The SMILES string of the molecule is COc1ccc([C@H]2Nc3ccc(Br)cc3C(=O)N2c2cccc(F)c2)cc1. The third-order valence-electron chi connectivity index (χ3n) is 4.50. The number of anilines is 2. The molecule has 1 atom stereocenters. The smallest absolute Gasteiger partial charge is 0.262 e. The summed E-state index contributed by atoms with van der Waals surface area (Å²) in [5, 5.41) is 3.40. The fourth-order valence-electron chi connectivity index (χ4n) is 3.19. The number of amides is 1. The zero-order valence-corrected chi connectivity index (χ0v) is 16.0. The molecule has 6 heteroatoms. The lowest BCUT2D eigenvalue weighted by Crippen LogP contribution is -2.43. The van der Waals surface area contributed by atoms with E-state index in [1.54, 1.807) is 30.2 Å². The van der Waals surface area contributed by atoms with Gasteiger partial charge in [-0.3, -0.25) is 9.69 Å². The van der Waals surface area contributed by atoms with Crippen molar-refractivity contribution in [2.75, 3.05) is 17.3 Å². The maximum atomic E-state index is 13.9. The minimum atomic E-state index is -0.473. The first kappa shape index (κ1) is 17.5. The lowest BCUT2D eigenvalue weighted by Gasteiger charge is -2.38. The van der Waals surface area contributed by atoms with Crippen molar-refractivity contribution in [3.8, 4) is 5.75 Å². The number of carbonyl (C=O) groups is 1. The zero-order valence-electron chi connectivity index (χ0n) is 14.4. The van der Waals surface area contributed by atoms with Crippen LogP contribution in [-0.2, 0) is 0 Å². The van der Waals surface area contributed by atoms with Gasteiger partial charge >= 0.3 is 0 Å². The van der Waals surface area contributed by atoms with Crippen LogP contribution in [0, 0.1) is 5.82 Å². The van der Waals surface area contributed by atoms with E-state index < -0.39 is 12.0 Å². The number of methoxy groups -OCH3 is 1. The minimum Gasteiger partial charge on any atom is -0.497 e. The third kappa shape index (κ3) is 3.28. The van der Waals surface area contributed by atoms with E-state index in [1.807, 2.05) is 36.4 Å². The number of carbonyl (C=O) groups excluding carboxylic acids is 1. The molecule has 1 heterocycles. The molecule has 3 aromatic rings. The van der Waals surface area contributed by atoms with Gasteiger partial charge in [0, 0.05) is 15.8 Å². The lowest BCUT2D eigenvalue weighted by molar-refractivity contribution is 0.0975. The van der Waals surface area contributed by atoms with Gasteiger partial charge in [-0.05, 0) is 54.1 Å². The van der Waals surface area contributed by atoms with E-state index in [0.717, 1.165) is 21.5 Å². The lowest BCUT2D eigenvalue weighted by atomic mass is 10.0. The van der Waals surface area contributed by atoms with Gasteiger partial charge in [0.25, 0.3) is 5.91 Å². The van der Waals surface area contributed by atoms with Gasteiger partial charge in [0.05, 0.1) is 12.7 Å². The molecule has 0 unspecified atom stereocenters. The number of ether oxygens (including phenoxy) is 1. The Labute approximate surface area is 164 Å². The Hall–Kier alpha value is -2.86. The van der Waals surface area contributed by atoms with Crippen molar-refractivity contribution in [1.29, 1.82) is 0 Å². The van der Waals surface area contributed by atoms with E-state index in [1.165, 1.54) is 12.1 Å². The first-order chi connectivity index (χ1) is 13.1. The number of benzene rings is 3. The van der Waals surface area contributed by atoms with E-state index in [4.69, 9.17) is 4.74 Å². The predicted molar refractivity (Wildman–Crippen MR) is 107 cm³/mol. The predicted octanol–water partition coefficient (Wildman–Crippen LogP) is 5.37. The summed E-state index contributed by atoms with van der Waals surface area (Å²) in [6, 6.07) is 19.0. The molecule has 1 aliphatic heterocycles. The summed E-state index contributed by atoms with van der Waals surface area (Å²) in [5.41, 5.74) is 2.61. The molecule has 0 fully saturated rings. The number of rotatable bonds is 3. The van der Waals surface area contributed by atoms with Crippen molar-refractivity contribution in [3.63, 3.8) is 0 Å². The molecule has 0 aromatic heterocycles. The van der Waals surface area contributed by atoms with Crippen LogP contribution in [0.2, 0.25) is 0 Å². The van der Waals surface area contributed by atoms with Gasteiger partial charge in [0.15, 0.2) is 0 Å². The van der Waals surface area contributed by atoms with Crippen LogP contribution in [0.3, 0.4) is 0 Å². The number of nitrogens with one attached hydrogen (secondary N) is 1. The molecular weight excluding hydrogens is 411 g/mol. The van der Waals surface area contributed by atoms with Gasteiger partial charge in [-0.2, -0.15) is 0 Å². The maximum absolute atomic E-state index is 13.9. The van der Waals surface area contributed by atoms with Crippen LogP contribution in [-0.4, -0.2) is 13.0 Å². The van der Waals surface area contributed by atoms with E-state index in [-0.39, 0.29) is 5.91 Å². The summed E-state index contributed by atoms with van der Waals surface area (Å²) in [7, 11) is 1.60. The van der Waals surface area contributed by atoms with E-state index in [0.29, 0.717) is 11.3 Å². The average Bonchev–Trinajstić information content (AvgIpc) is 2.68. The van der Waals surface area contributed by atoms with Gasteiger partial charge < -0.3 is 10.1 Å². The van der Waals surface area contributed by atoms with Gasteiger partial charge in [0.1, 0.15) is 17.7 Å². The number of fused-ring (bicyclic) bond motifs is 1. The van der Waals surface area contributed by atoms with Crippen LogP contribution in [0.5, 0.6) is 5.75 Å². The van der Waals surface area contributed by atoms with Crippen molar-refractivity contribution in [2.24, 2.45) is 0 Å². The first-order valence-electron chi connectivity index (χ1n) is 8.36. The van der Waals surface area contributed by atoms with Crippen LogP contribution in [0.1, 0.15) is 22.1 Å². The molecule has 1 aliphatic rings. The zero-order chi connectivity index (χ0) is 19.0. The Morgan fingerprint density at radius 2 is 1.85 bits per heavy atom. The van der Waals surface area contributed by atoms with Crippen LogP contribution < -0.4 is 15.0 Å². The van der Waals surface area contributed by atoms with Crippen LogP contribution in [0.4, 0.5) is 15.8 Å². The molecule has 0 saturated carbocycles. The Morgan fingerprint density at radius 1 is 1.07 bits per heavy atom. The van der Waals surface area contributed by atoms with Gasteiger partial charge in [0.2, 0.25) is 0 Å². The topological polar surface area (TPSA) is 41.6 Å². The summed E-state index contributed by atoms with van der Waals surface area (Å²) in [6.07, 6.45) is -0.473. The molecule has 0 spiro atoms. The Kier molecular flexibility index (Phi) is 4.58. The third-order valence-corrected chi connectivity index (χ3v) is 4.99. The summed E-state index contributed by atoms with van der Waals surface area (Å²) >= 11 is 3.41. The van der Waals surface area contributed by atoms with Gasteiger partial charge in [-0.25, -0.2) is 4.39 Å². The normalized spacial score (nSPS) is 15.9. The second-order valence-electron chi connectivity index (χ2n) is 6.16. The number of halogens is 2. The molecule has 4 rings (SSSR count). The molecule has 136 valence electrons. The van der Waals surface area contributed by atoms with E-state index in [2.05, 4.69) is 21.2 Å². The van der Waals surface area contributed by atoms with Crippen molar-refractivity contribution in [3.05, 3.63) is 88.1 Å². The van der Waals surface area contributed by atoms with E-state index >= 15 is 0 Å². The number of nitrogens with zero attached hydrogens (tertiary/aromatic N) is 1. The highest BCUT2D eigenvalue weighted by Crippen LogP contribution is 2.38. The fraction of sp³-hybridized carbons (Fsp3) is 0.0952. The summed E-state index contributed by atoms with van der Waals surface area (Å²) in [6.45, 7) is 0. The minimum absolute atomic E-state index is 0.198. The molecule has 0 radical (unpaired) electrons. The highest BCUT2D eigenvalue weighted by atomic mass is 79.9. The van der Waals surface area contributed by atoms with Crippen molar-refractivity contribution >= 4 is 33.2 Å². The van der Waals surface area contributed by atoms with Crippen molar-refractivity contribution in [2.45, 2.75) is 6.17 Å². The van der Waals surface area contributed by atoms with Crippen LogP contribution >= 0.6 is 15.9 Å². The first-order valence-corrected chi connectivity index (χ1v) is 9.15. The molecule has 1 amide bonds. The van der Waals surface area contributed by atoms with Gasteiger partial charge in [-0.15, -0.1) is 0 Å². The fourth-order valence-corrected chi connectivity index (χ4v) is 3.55. The monoisotopic (exact) mass is 426 g/mol. The Balaban J connectivity index is 1.85. The maximum Gasteiger partial charge on any atom is 0.262 e. The summed E-state index contributed by atoms with van der Waals surface area (Å²) in [5.74, 6) is 0.132. The molecule has 3 aromatic carbocycles. The molecular formula is C21H16BrFN2O2. The highest BCUT2D eigenvalue weighted by molar-refractivity contribution is 9.10.